The first-order valence-corrected chi connectivity index (χ1v) is 7.01. The van der Waals surface area contributed by atoms with Crippen molar-refractivity contribution in [3.63, 3.8) is 0 Å². The minimum atomic E-state index is -0.297. The minimum absolute atomic E-state index is 0.216. The predicted octanol–water partition coefficient (Wildman–Crippen LogP) is 2.96. The number of carbonyl (C=O) groups is 1. The van der Waals surface area contributed by atoms with Crippen molar-refractivity contribution in [2.24, 2.45) is 0 Å². The van der Waals surface area contributed by atoms with E-state index in [1.54, 1.807) is 30.3 Å². The van der Waals surface area contributed by atoms with Gasteiger partial charge in [0, 0.05) is 31.0 Å². The Labute approximate surface area is 129 Å². The molecule has 0 bridgehead atoms. The van der Waals surface area contributed by atoms with Crippen molar-refractivity contribution < 1.29 is 9.18 Å². The Bertz CT molecular complexity index is 668. The number of nitrogen functional groups attached to an aromatic ring is 1. The van der Waals surface area contributed by atoms with Crippen LogP contribution in [-0.2, 0) is 0 Å². The Hall–Kier alpha value is -2.56. The monoisotopic (exact) mass is 301 g/mol. The summed E-state index contributed by atoms with van der Waals surface area (Å²) in [7, 11) is 3.77. The molecule has 2 rings (SSSR count). The Balaban J connectivity index is 2.16. The number of nitrogens with one attached hydrogen (secondary N) is 1. The molecule has 0 spiro atoms. The summed E-state index contributed by atoms with van der Waals surface area (Å²) in [4.78, 5) is 14.2. The zero-order valence-corrected chi connectivity index (χ0v) is 12.9. The standard InChI is InChI=1S/C17H20FN3O/c1-11(12-4-6-14(18)7-5-12)20-17(22)13-8-15(19)10-16(9-13)21(2)3/h4-11H,19H2,1-3H3,(H,20,22)/t11-/m1/s1. The molecule has 0 radical (unpaired) electrons. The topological polar surface area (TPSA) is 58.4 Å². The van der Waals surface area contributed by atoms with Gasteiger partial charge in [0.1, 0.15) is 5.82 Å². The fourth-order valence-electron chi connectivity index (χ4n) is 2.14. The summed E-state index contributed by atoms with van der Waals surface area (Å²) in [5, 5.41) is 2.89. The van der Waals surface area contributed by atoms with Gasteiger partial charge >= 0.3 is 0 Å². The highest BCUT2D eigenvalue weighted by Crippen LogP contribution is 2.20. The van der Waals surface area contributed by atoms with Gasteiger partial charge in [-0.25, -0.2) is 4.39 Å². The number of nitrogens with zero attached hydrogens (tertiary/aromatic N) is 1. The Kier molecular flexibility index (Phi) is 4.65. The highest BCUT2D eigenvalue weighted by Gasteiger charge is 2.13. The van der Waals surface area contributed by atoms with E-state index in [1.807, 2.05) is 25.9 Å². The highest BCUT2D eigenvalue weighted by atomic mass is 19.1. The van der Waals surface area contributed by atoms with Gasteiger partial charge in [-0.3, -0.25) is 4.79 Å². The second-order valence-corrected chi connectivity index (χ2v) is 5.45. The lowest BCUT2D eigenvalue weighted by molar-refractivity contribution is 0.0940. The zero-order valence-electron chi connectivity index (χ0n) is 12.9. The van der Waals surface area contributed by atoms with Crippen LogP contribution in [-0.4, -0.2) is 20.0 Å². The Morgan fingerprint density at radius 2 is 1.82 bits per heavy atom. The van der Waals surface area contributed by atoms with Crippen LogP contribution in [0.2, 0.25) is 0 Å². The van der Waals surface area contributed by atoms with E-state index in [1.165, 1.54) is 12.1 Å². The van der Waals surface area contributed by atoms with Crippen molar-refractivity contribution in [3.05, 3.63) is 59.4 Å². The van der Waals surface area contributed by atoms with Gasteiger partial charge in [0.25, 0.3) is 5.91 Å². The molecule has 0 heterocycles. The summed E-state index contributed by atoms with van der Waals surface area (Å²) in [6.07, 6.45) is 0. The normalized spacial score (nSPS) is 11.8. The van der Waals surface area contributed by atoms with E-state index < -0.39 is 0 Å². The maximum absolute atomic E-state index is 12.9. The number of benzene rings is 2. The molecule has 0 aliphatic carbocycles. The Morgan fingerprint density at radius 1 is 1.18 bits per heavy atom. The third-order valence-electron chi connectivity index (χ3n) is 3.44. The third-order valence-corrected chi connectivity index (χ3v) is 3.44. The number of carbonyl (C=O) groups excluding carboxylic acids is 1. The molecule has 2 aromatic carbocycles. The van der Waals surface area contributed by atoms with Crippen LogP contribution >= 0.6 is 0 Å². The van der Waals surface area contributed by atoms with Crippen LogP contribution in [0.5, 0.6) is 0 Å². The lowest BCUT2D eigenvalue weighted by Gasteiger charge is -2.17. The molecule has 3 N–H and O–H groups in total. The first-order valence-electron chi connectivity index (χ1n) is 7.01. The van der Waals surface area contributed by atoms with E-state index in [2.05, 4.69) is 5.32 Å². The molecule has 0 unspecified atom stereocenters. The van der Waals surface area contributed by atoms with Crippen molar-refractivity contribution in [1.82, 2.24) is 5.32 Å². The van der Waals surface area contributed by atoms with Gasteiger partial charge in [-0.2, -0.15) is 0 Å². The second-order valence-electron chi connectivity index (χ2n) is 5.45. The molecule has 0 saturated heterocycles. The summed E-state index contributed by atoms with van der Waals surface area (Å²) in [5.74, 6) is -0.513. The molecule has 1 amide bonds. The van der Waals surface area contributed by atoms with Crippen LogP contribution in [0.25, 0.3) is 0 Å². The summed E-state index contributed by atoms with van der Waals surface area (Å²) < 4.78 is 12.9. The molecule has 0 aromatic heterocycles. The van der Waals surface area contributed by atoms with Crippen LogP contribution in [0.4, 0.5) is 15.8 Å². The van der Waals surface area contributed by atoms with E-state index in [9.17, 15) is 9.18 Å². The molecule has 0 fully saturated rings. The van der Waals surface area contributed by atoms with Gasteiger partial charge < -0.3 is 16.0 Å². The average Bonchev–Trinajstić information content (AvgIpc) is 2.47. The largest absolute Gasteiger partial charge is 0.399 e. The van der Waals surface area contributed by atoms with Crippen LogP contribution in [0.1, 0.15) is 28.9 Å². The molecule has 5 heteroatoms. The molecule has 0 aliphatic rings. The maximum atomic E-state index is 12.9. The molecule has 0 saturated carbocycles. The fraction of sp³-hybridized carbons (Fsp3) is 0.235. The molecule has 0 aliphatic heterocycles. The average molecular weight is 301 g/mol. The van der Waals surface area contributed by atoms with Crippen LogP contribution in [0, 0.1) is 5.82 Å². The number of hydrogen-bond acceptors (Lipinski definition) is 3. The lowest BCUT2D eigenvalue weighted by atomic mass is 10.1. The van der Waals surface area contributed by atoms with Crippen molar-refractivity contribution in [2.75, 3.05) is 24.7 Å². The van der Waals surface area contributed by atoms with Crippen LogP contribution < -0.4 is 16.0 Å². The molecular weight excluding hydrogens is 281 g/mol. The molecule has 1 atom stereocenters. The zero-order chi connectivity index (χ0) is 16.3. The minimum Gasteiger partial charge on any atom is -0.399 e. The van der Waals surface area contributed by atoms with Crippen LogP contribution in [0.15, 0.2) is 42.5 Å². The summed E-state index contributed by atoms with van der Waals surface area (Å²) in [6.45, 7) is 1.85. The van der Waals surface area contributed by atoms with Gasteiger partial charge in [0.05, 0.1) is 6.04 Å². The number of nitrogens with two attached hydrogens (primary N) is 1. The summed E-state index contributed by atoms with van der Waals surface area (Å²) in [6, 6.07) is 11.1. The maximum Gasteiger partial charge on any atom is 0.251 e. The van der Waals surface area contributed by atoms with Gasteiger partial charge in [-0.05, 0) is 42.8 Å². The van der Waals surface area contributed by atoms with Crippen LogP contribution in [0.3, 0.4) is 0 Å². The van der Waals surface area contributed by atoms with Gasteiger partial charge in [0.2, 0.25) is 0 Å². The fourth-order valence-corrected chi connectivity index (χ4v) is 2.14. The molecular formula is C17H20FN3O. The number of amides is 1. The quantitative estimate of drug-likeness (QED) is 0.854. The lowest BCUT2D eigenvalue weighted by Crippen LogP contribution is -2.27. The van der Waals surface area contributed by atoms with Gasteiger partial charge in [-0.15, -0.1) is 0 Å². The molecule has 2 aromatic rings. The SMILES string of the molecule is C[C@@H](NC(=O)c1cc(N)cc(N(C)C)c1)c1ccc(F)cc1. The highest BCUT2D eigenvalue weighted by molar-refractivity contribution is 5.96. The molecule has 116 valence electrons. The molecule has 4 nitrogen and oxygen atoms in total. The van der Waals surface area contributed by atoms with E-state index >= 15 is 0 Å². The first-order chi connectivity index (χ1) is 10.4. The number of rotatable bonds is 4. The van der Waals surface area contributed by atoms with E-state index in [4.69, 9.17) is 5.73 Å². The van der Waals surface area contributed by atoms with E-state index in [0.29, 0.717) is 11.3 Å². The van der Waals surface area contributed by atoms with Crippen molar-refractivity contribution in [2.45, 2.75) is 13.0 Å². The number of hydrogen-bond donors (Lipinski definition) is 2. The number of anilines is 2. The Morgan fingerprint density at radius 3 is 2.41 bits per heavy atom. The van der Waals surface area contributed by atoms with E-state index in [-0.39, 0.29) is 17.8 Å². The van der Waals surface area contributed by atoms with Gasteiger partial charge in [-0.1, -0.05) is 12.1 Å². The number of halogens is 1. The molecule has 22 heavy (non-hydrogen) atoms. The summed E-state index contributed by atoms with van der Waals surface area (Å²) >= 11 is 0. The van der Waals surface area contributed by atoms with Crippen molar-refractivity contribution >= 4 is 17.3 Å². The second kappa shape index (κ2) is 6.47. The van der Waals surface area contributed by atoms with E-state index in [0.717, 1.165) is 11.3 Å². The van der Waals surface area contributed by atoms with Crippen molar-refractivity contribution in [1.29, 1.82) is 0 Å². The predicted molar refractivity (Wildman–Crippen MR) is 87.5 cm³/mol. The smallest absolute Gasteiger partial charge is 0.251 e. The van der Waals surface area contributed by atoms with Crippen molar-refractivity contribution in [3.8, 4) is 0 Å². The van der Waals surface area contributed by atoms with Gasteiger partial charge in [0.15, 0.2) is 0 Å². The third kappa shape index (κ3) is 3.75. The first kappa shape index (κ1) is 15.8. The summed E-state index contributed by atoms with van der Waals surface area (Å²) in [5.41, 5.74) is 8.58.